The number of amides is 1. The average Bonchev–Trinajstić information content (AvgIpc) is 3.02. The van der Waals surface area contributed by atoms with Crippen molar-refractivity contribution in [3.05, 3.63) is 83.1 Å². The lowest BCUT2D eigenvalue weighted by atomic mass is 10.0. The van der Waals surface area contributed by atoms with Crippen LogP contribution >= 0.6 is 0 Å². The molecule has 0 saturated carbocycles. The first-order valence-corrected chi connectivity index (χ1v) is 9.75. The number of hydrogen-bond acceptors (Lipinski definition) is 5. The minimum Gasteiger partial charge on any atom is -0.493 e. The summed E-state index contributed by atoms with van der Waals surface area (Å²) in [4.78, 5) is 27.4. The van der Waals surface area contributed by atoms with Crippen LogP contribution in [0.3, 0.4) is 0 Å². The number of hydrogen-bond donors (Lipinski definition) is 0. The number of allylic oxidation sites excluding steroid dienone is 1. The first-order chi connectivity index (χ1) is 14.9. The van der Waals surface area contributed by atoms with Gasteiger partial charge in [0, 0.05) is 11.4 Å². The van der Waals surface area contributed by atoms with Crippen LogP contribution in [0.5, 0.6) is 11.5 Å². The van der Waals surface area contributed by atoms with Gasteiger partial charge < -0.3 is 14.2 Å². The Bertz CT molecular complexity index is 1080. The van der Waals surface area contributed by atoms with Gasteiger partial charge in [0.2, 0.25) is 0 Å². The molecule has 6 heteroatoms. The molecule has 1 aliphatic rings. The fourth-order valence-corrected chi connectivity index (χ4v) is 3.39. The van der Waals surface area contributed by atoms with Gasteiger partial charge in [-0.3, -0.25) is 9.69 Å². The van der Waals surface area contributed by atoms with E-state index in [1.54, 1.807) is 37.3 Å². The number of ether oxygens (including phenoxy) is 3. The topological polar surface area (TPSA) is 65.1 Å². The van der Waals surface area contributed by atoms with E-state index in [0.717, 1.165) is 5.56 Å². The van der Waals surface area contributed by atoms with Crippen LogP contribution in [0, 0.1) is 6.92 Å². The zero-order valence-electron chi connectivity index (χ0n) is 18.1. The molecule has 160 valence electrons. The summed E-state index contributed by atoms with van der Waals surface area (Å²) in [5.41, 5.74) is 3.46. The summed E-state index contributed by atoms with van der Waals surface area (Å²) < 4.78 is 15.9. The van der Waals surface area contributed by atoms with Crippen LogP contribution in [0.25, 0.3) is 6.08 Å². The molecule has 1 aliphatic heterocycles. The second-order valence-corrected chi connectivity index (χ2v) is 7.00. The summed E-state index contributed by atoms with van der Waals surface area (Å²) >= 11 is 0. The fraction of sp³-hybridized carbons (Fsp3) is 0.200. The quantitative estimate of drug-likeness (QED) is 0.377. The summed E-state index contributed by atoms with van der Waals surface area (Å²) in [5, 5.41) is 0. The highest BCUT2D eigenvalue weighted by atomic mass is 16.5. The highest BCUT2D eigenvalue weighted by Crippen LogP contribution is 2.36. The maximum Gasteiger partial charge on any atom is 0.340 e. The summed E-state index contributed by atoms with van der Waals surface area (Å²) in [6, 6.07) is 12.8. The van der Waals surface area contributed by atoms with Gasteiger partial charge in [-0.2, -0.15) is 0 Å². The predicted octanol–water partition coefficient (Wildman–Crippen LogP) is 4.45. The van der Waals surface area contributed by atoms with Crippen molar-refractivity contribution in [3.63, 3.8) is 0 Å². The normalized spacial score (nSPS) is 14.8. The fourth-order valence-electron chi connectivity index (χ4n) is 3.39. The second-order valence-electron chi connectivity index (χ2n) is 7.00. The van der Waals surface area contributed by atoms with Gasteiger partial charge in [-0.1, -0.05) is 36.4 Å². The Morgan fingerprint density at radius 2 is 1.77 bits per heavy atom. The molecule has 0 bridgehead atoms. The van der Waals surface area contributed by atoms with Gasteiger partial charge in [-0.15, -0.1) is 0 Å². The number of carbonyl (C=O) groups is 2. The maximum absolute atomic E-state index is 13.3. The molecule has 0 aliphatic carbocycles. The van der Waals surface area contributed by atoms with Crippen molar-refractivity contribution in [2.45, 2.75) is 13.8 Å². The van der Waals surface area contributed by atoms with Crippen LogP contribution in [-0.4, -0.2) is 32.7 Å². The molecule has 31 heavy (non-hydrogen) atoms. The number of carbonyl (C=O) groups excluding carboxylic acids is 2. The smallest absolute Gasteiger partial charge is 0.340 e. The summed E-state index contributed by atoms with van der Waals surface area (Å²) in [6.45, 7) is 7.68. The van der Waals surface area contributed by atoms with Crippen LogP contribution in [-0.2, 0) is 14.3 Å². The van der Waals surface area contributed by atoms with Gasteiger partial charge in [0.05, 0.1) is 25.4 Å². The molecule has 3 rings (SSSR count). The van der Waals surface area contributed by atoms with E-state index >= 15 is 0 Å². The maximum atomic E-state index is 13.3. The number of anilines is 1. The van der Waals surface area contributed by atoms with E-state index < -0.39 is 5.97 Å². The van der Waals surface area contributed by atoms with Crippen molar-refractivity contribution >= 4 is 23.6 Å². The van der Waals surface area contributed by atoms with Crippen molar-refractivity contribution in [3.8, 4) is 11.5 Å². The predicted molar refractivity (Wildman–Crippen MR) is 120 cm³/mol. The molecule has 0 aromatic heterocycles. The minimum atomic E-state index is -0.565. The van der Waals surface area contributed by atoms with E-state index in [-0.39, 0.29) is 17.1 Å². The van der Waals surface area contributed by atoms with E-state index in [9.17, 15) is 9.59 Å². The highest BCUT2D eigenvalue weighted by Gasteiger charge is 2.37. The Morgan fingerprint density at radius 3 is 2.39 bits per heavy atom. The monoisotopic (exact) mass is 419 g/mol. The number of aryl methyl sites for hydroxylation is 1. The largest absolute Gasteiger partial charge is 0.493 e. The van der Waals surface area contributed by atoms with Gasteiger partial charge in [-0.25, -0.2) is 4.79 Å². The van der Waals surface area contributed by atoms with E-state index in [2.05, 4.69) is 6.58 Å². The molecule has 6 nitrogen and oxygen atoms in total. The van der Waals surface area contributed by atoms with Crippen molar-refractivity contribution in [2.24, 2.45) is 0 Å². The zero-order chi connectivity index (χ0) is 22.5. The SMILES string of the molecule is C=CCOc1ccc(/C=C2\C(=O)N(c3ccc(C)cc3)C(C)=C2C(=O)OC)cc1OC. The summed E-state index contributed by atoms with van der Waals surface area (Å²) in [5.74, 6) is 0.207. The second kappa shape index (κ2) is 9.34. The third kappa shape index (κ3) is 4.38. The molecule has 0 unspecified atom stereocenters. The Balaban J connectivity index is 2.07. The molecule has 0 radical (unpaired) electrons. The van der Waals surface area contributed by atoms with E-state index in [0.29, 0.717) is 35.1 Å². The zero-order valence-corrected chi connectivity index (χ0v) is 18.1. The van der Waals surface area contributed by atoms with Crippen molar-refractivity contribution in [2.75, 3.05) is 25.7 Å². The number of rotatable bonds is 7. The lowest BCUT2D eigenvalue weighted by molar-refractivity contribution is -0.136. The first-order valence-electron chi connectivity index (χ1n) is 9.75. The van der Waals surface area contributed by atoms with Gasteiger partial charge >= 0.3 is 5.97 Å². The Labute approximate surface area is 182 Å². The number of esters is 1. The molecule has 2 aromatic carbocycles. The van der Waals surface area contributed by atoms with Gasteiger partial charge in [0.25, 0.3) is 5.91 Å². The third-order valence-corrected chi connectivity index (χ3v) is 4.94. The molecule has 0 atom stereocenters. The molecule has 0 spiro atoms. The molecular weight excluding hydrogens is 394 g/mol. The standard InChI is InChI=1S/C25H25NO5/c1-6-13-31-21-12-9-18(15-22(21)29-4)14-20-23(25(28)30-5)17(3)26(24(20)27)19-10-7-16(2)8-11-19/h6-12,14-15H,1,13H2,2-5H3/b20-14-. The van der Waals surface area contributed by atoms with Crippen molar-refractivity contribution in [1.82, 2.24) is 0 Å². The summed E-state index contributed by atoms with van der Waals surface area (Å²) in [6.07, 6.45) is 3.30. The molecule has 0 fully saturated rings. The van der Waals surface area contributed by atoms with Crippen LogP contribution in [0.4, 0.5) is 5.69 Å². The molecular formula is C25H25NO5. The van der Waals surface area contributed by atoms with Crippen LogP contribution in [0.15, 0.2) is 72.0 Å². The number of methoxy groups -OCH3 is 2. The van der Waals surface area contributed by atoms with E-state index in [4.69, 9.17) is 14.2 Å². The molecule has 1 heterocycles. The minimum absolute atomic E-state index is 0.235. The number of nitrogens with zero attached hydrogens (tertiary/aromatic N) is 1. The molecule has 2 aromatic rings. The van der Waals surface area contributed by atoms with Crippen LogP contribution < -0.4 is 14.4 Å². The first kappa shape index (κ1) is 21.9. The van der Waals surface area contributed by atoms with Crippen LogP contribution in [0.2, 0.25) is 0 Å². The lowest BCUT2D eigenvalue weighted by Crippen LogP contribution is -2.24. The van der Waals surface area contributed by atoms with Gasteiger partial charge in [0.1, 0.15) is 6.61 Å². The van der Waals surface area contributed by atoms with E-state index in [1.165, 1.54) is 19.1 Å². The Hall–Kier alpha value is -3.80. The Morgan fingerprint density at radius 1 is 1.06 bits per heavy atom. The van der Waals surface area contributed by atoms with Crippen LogP contribution in [0.1, 0.15) is 18.1 Å². The lowest BCUT2D eigenvalue weighted by Gasteiger charge is -2.18. The number of benzene rings is 2. The molecule has 1 amide bonds. The Kier molecular flexibility index (Phi) is 6.60. The highest BCUT2D eigenvalue weighted by molar-refractivity contribution is 6.23. The van der Waals surface area contributed by atoms with E-state index in [1.807, 2.05) is 31.2 Å². The van der Waals surface area contributed by atoms with Crippen molar-refractivity contribution in [1.29, 1.82) is 0 Å². The van der Waals surface area contributed by atoms with Crippen molar-refractivity contribution < 1.29 is 23.8 Å². The average molecular weight is 419 g/mol. The molecule has 0 saturated heterocycles. The molecule has 0 N–H and O–H groups in total. The van der Waals surface area contributed by atoms with Gasteiger partial charge in [0.15, 0.2) is 11.5 Å². The van der Waals surface area contributed by atoms with Gasteiger partial charge in [-0.05, 0) is 49.8 Å². The third-order valence-electron chi connectivity index (χ3n) is 4.94. The summed E-state index contributed by atoms with van der Waals surface area (Å²) in [7, 11) is 2.84.